The highest BCUT2D eigenvalue weighted by molar-refractivity contribution is 6.30. The van der Waals surface area contributed by atoms with Gasteiger partial charge in [-0.25, -0.2) is 0 Å². The van der Waals surface area contributed by atoms with Crippen LogP contribution in [0.5, 0.6) is 5.75 Å². The van der Waals surface area contributed by atoms with Crippen LogP contribution < -0.4 is 4.74 Å². The van der Waals surface area contributed by atoms with Crippen molar-refractivity contribution in [1.82, 2.24) is 4.57 Å². The molecule has 0 spiro atoms. The van der Waals surface area contributed by atoms with Crippen LogP contribution >= 0.6 is 11.6 Å². The van der Waals surface area contributed by atoms with E-state index in [2.05, 4.69) is 0 Å². The first-order valence-electron chi connectivity index (χ1n) is 8.34. The molecular formula is C21H18ClNO3. The zero-order valence-electron chi connectivity index (χ0n) is 14.5. The Labute approximate surface area is 156 Å². The molecule has 0 fully saturated rings. The lowest BCUT2D eigenvalue weighted by Gasteiger charge is -2.22. The van der Waals surface area contributed by atoms with Crippen molar-refractivity contribution in [3.05, 3.63) is 81.6 Å². The lowest BCUT2D eigenvalue weighted by atomic mass is 9.95. The van der Waals surface area contributed by atoms with E-state index in [0.29, 0.717) is 17.3 Å². The van der Waals surface area contributed by atoms with E-state index in [9.17, 15) is 4.79 Å². The fourth-order valence-electron chi connectivity index (χ4n) is 3.59. The van der Waals surface area contributed by atoms with Gasteiger partial charge in [0.05, 0.1) is 25.1 Å². The monoisotopic (exact) mass is 367 g/mol. The van der Waals surface area contributed by atoms with E-state index >= 15 is 0 Å². The lowest BCUT2D eigenvalue weighted by molar-refractivity contribution is 0.0673. The fraction of sp³-hybridized carbons (Fsp3) is 0.190. The molecule has 0 N–H and O–H groups in total. The van der Waals surface area contributed by atoms with Crippen molar-refractivity contribution in [3.63, 3.8) is 0 Å². The Morgan fingerprint density at radius 3 is 2.81 bits per heavy atom. The van der Waals surface area contributed by atoms with Gasteiger partial charge in [0.2, 0.25) is 0 Å². The lowest BCUT2D eigenvalue weighted by Crippen LogP contribution is -2.09. The van der Waals surface area contributed by atoms with Crippen LogP contribution in [0.25, 0.3) is 5.69 Å². The Morgan fingerprint density at radius 2 is 2.04 bits per heavy atom. The standard InChI is InChI=1S/C21H18ClNO3/c1-13-17(4-3-5-20(13)25-2)21-18-10-14(22)6-9-19(18)23-15(11-24)7-8-16(23)12-26-21/h3-11,21H,12H2,1-2H3/t21-/m1/s1. The van der Waals surface area contributed by atoms with Crippen molar-refractivity contribution < 1.29 is 14.3 Å². The molecule has 2 heterocycles. The molecule has 1 atom stereocenters. The molecule has 2 aromatic carbocycles. The summed E-state index contributed by atoms with van der Waals surface area (Å²) < 4.78 is 13.7. The summed E-state index contributed by atoms with van der Waals surface area (Å²) in [5, 5.41) is 0.626. The first-order valence-corrected chi connectivity index (χ1v) is 8.72. The van der Waals surface area contributed by atoms with Crippen molar-refractivity contribution in [3.8, 4) is 11.4 Å². The van der Waals surface area contributed by atoms with Gasteiger partial charge in [-0.2, -0.15) is 0 Å². The Bertz CT molecular complexity index is 993. The molecule has 0 saturated carbocycles. The van der Waals surface area contributed by atoms with Gasteiger partial charge in [-0.3, -0.25) is 4.79 Å². The summed E-state index contributed by atoms with van der Waals surface area (Å²) in [5.41, 5.74) is 5.39. The summed E-state index contributed by atoms with van der Waals surface area (Å²) >= 11 is 6.30. The molecule has 4 nitrogen and oxygen atoms in total. The fourth-order valence-corrected chi connectivity index (χ4v) is 3.77. The number of halogens is 1. The van der Waals surface area contributed by atoms with E-state index in [1.54, 1.807) is 13.2 Å². The molecule has 26 heavy (non-hydrogen) atoms. The van der Waals surface area contributed by atoms with E-state index < -0.39 is 0 Å². The summed E-state index contributed by atoms with van der Waals surface area (Å²) in [7, 11) is 1.66. The zero-order valence-corrected chi connectivity index (χ0v) is 15.3. The maximum Gasteiger partial charge on any atom is 0.166 e. The highest BCUT2D eigenvalue weighted by Gasteiger charge is 2.27. The number of rotatable bonds is 3. The van der Waals surface area contributed by atoms with Crippen LogP contribution in [0.3, 0.4) is 0 Å². The quantitative estimate of drug-likeness (QED) is 0.619. The molecule has 1 aliphatic rings. The Morgan fingerprint density at radius 1 is 1.19 bits per heavy atom. The molecule has 0 saturated heterocycles. The van der Waals surface area contributed by atoms with Gasteiger partial charge in [0, 0.05) is 16.3 Å². The van der Waals surface area contributed by atoms with Crippen molar-refractivity contribution in [2.24, 2.45) is 0 Å². The number of benzene rings is 2. The minimum atomic E-state index is -0.307. The zero-order chi connectivity index (χ0) is 18.3. The molecule has 132 valence electrons. The first-order chi connectivity index (χ1) is 12.6. The average molecular weight is 368 g/mol. The molecule has 1 aromatic heterocycles. The first kappa shape index (κ1) is 16.9. The molecule has 3 aromatic rings. The molecule has 0 bridgehead atoms. The van der Waals surface area contributed by atoms with Crippen LogP contribution in [0.2, 0.25) is 5.02 Å². The van der Waals surface area contributed by atoms with E-state index in [1.165, 1.54) is 0 Å². The summed E-state index contributed by atoms with van der Waals surface area (Å²) in [5.74, 6) is 0.812. The second-order valence-corrected chi connectivity index (χ2v) is 6.71. The Balaban J connectivity index is 1.96. The number of carbonyl (C=O) groups is 1. The van der Waals surface area contributed by atoms with E-state index in [1.807, 2.05) is 54.0 Å². The highest BCUT2D eigenvalue weighted by atomic mass is 35.5. The molecule has 5 heteroatoms. The third-order valence-electron chi connectivity index (χ3n) is 4.85. The third kappa shape index (κ3) is 2.62. The van der Waals surface area contributed by atoms with Gasteiger partial charge in [-0.05, 0) is 54.4 Å². The van der Waals surface area contributed by atoms with Crippen molar-refractivity contribution in [2.45, 2.75) is 19.6 Å². The number of hydrogen-bond donors (Lipinski definition) is 0. The average Bonchev–Trinajstić information content (AvgIpc) is 2.99. The normalized spacial score (nSPS) is 15.7. The van der Waals surface area contributed by atoms with Gasteiger partial charge in [-0.1, -0.05) is 23.7 Å². The summed E-state index contributed by atoms with van der Waals surface area (Å²) in [4.78, 5) is 11.5. The molecule has 4 rings (SSSR count). The van der Waals surface area contributed by atoms with Gasteiger partial charge in [0.15, 0.2) is 6.29 Å². The van der Waals surface area contributed by atoms with Gasteiger partial charge in [-0.15, -0.1) is 0 Å². The van der Waals surface area contributed by atoms with E-state index in [0.717, 1.165) is 40.1 Å². The van der Waals surface area contributed by atoms with Gasteiger partial charge < -0.3 is 14.0 Å². The molecule has 1 aliphatic heterocycles. The van der Waals surface area contributed by atoms with Crippen LogP contribution in [-0.2, 0) is 11.3 Å². The SMILES string of the molecule is COc1cccc([C@H]2OCc3ccc(C=O)n3-c3ccc(Cl)cc32)c1C. The molecule has 0 unspecified atom stereocenters. The minimum absolute atomic E-state index is 0.307. The van der Waals surface area contributed by atoms with Gasteiger partial charge >= 0.3 is 0 Å². The number of ether oxygens (including phenoxy) is 2. The number of hydrogen-bond acceptors (Lipinski definition) is 3. The summed E-state index contributed by atoms with van der Waals surface area (Å²) in [6, 6.07) is 15.3. The number of aromatic nitrogens is 1. The van der Waals surface area contributed by atoms with Crippen LogP contribution in [-0.4, -0.2) is 18.0 Å². The number of methoxy groups -OCH3 is 1. The largest absolute Gasteiger partial charge is 0.496 e. The molecular weight excluding hydrogens is 350 g/mol. The van der Waals surface area contributed by atoms with Gasteiger partial charge in [0.25, 0.3) is 0 Å². The number of nitrogens with zero attached hydrogens (tertiary/aromatic N) is 1. The van der Waals surface area contributed by atoms with Crippen LogP contribution in [0.4, 0.5) is 0 Å². The maximum atomic E-state index is 11.5. The summed E-state index contributed by atoms with van der Waals surface area (Å²) in [6.07, 6.45) is 0.553. The van der Waals surface area contributed by atoms with Gasteiger partial charge in [0.1, 0.15) is 11.9 Å². The van der Waals surface area contributed by atoms with E-state index in [4.69, 9.17) is 21.1 Å². The second-order valence-electron chi connectivity index (χ2n) is 6.27. The number of fused-ring (bicyclic) bond motifs is 3. The van der Waals surface area contributed by atoms with E-state index in [-0.39, 0.29) is 6.10 Å². The summed E-state index contributed by atoms with van der Waals surface area (Å²) in [6.45, 7) is 2.41. The minimum Gasteiger partial charge on any atom is -0.496 e. The second kappa shape index (κ2) is 6.63. The topological polar surface area (TPSA) is 40.5 Å². The third-order valence-corrected chi connectivity index (χ3v) is 5.09. The predicted molar refractivity (Wildman–Crippen MR) is 101 cm³/mol. The van der Waals surface area contributed by atoms with Crippen LogP contribution in [0, 0.1) is 6.92 Å². The number of carbonyl (C=O) groups excluding carboxylic acids is 1. The molecule has 0 radical (unpaired) electrons. The van der Waals surface area contributed by atoms with Crippen molar-refractivity contribution in [1.29, 1.82) is 0 Å². The van der Waals surface area contributed by atoms with Crippen LogP contribution in [0.1, 0.15) is 39.0 Å². The smallest absolute Gasteiger partial charge is 0.166 e. The highest BCUT2D eigenvalue weighted by Crippen LogP contribution is 2.40. The molecule has 0 amide bonds. The predicted octanol–water partition coefficient (Wildman–Crippen LogP) is 4.88. The molecule has 0 aliphatic carbocycles. The van der Waals surface area contributed by atoms with Crippen molar-refractivity contribution in [2.75, 3.05) is 7.11 Å². The Kier molecular flexibility index (Phi) is 4.31. The van der Waals surface area contributed by atoms with Crippen LogP contribution in [0.15, 0.2) is 48.5 Å². The van der Waals surface area contributed by atoms with Crippen molar-refractivity contribution >= 4 is 17.9 Å². The Hall–Kier alpha value is -2.56. The number of aldehydes is 1. The maximum absolute atomic E-state index is 11.5.